The molecule has 31 nitrogen and oxygen atoms in total. The molecule has 15 N–H and O–H groups in total. The Balaban J connectivity index is 1.56. The number of alkyl halides is 1. The van der Waals surface area contributed by atoms with Gasteiger partial charge in [-0.3, -0.25) is 38.0 Å². The summed E-state index contributed by atoms with van der Waals surface area (Å²) in [5.74, 6) is -12.2. The van der Waals surface area contributed by atoms with Gasteiger partial charge in [-0.1, -0.05) is 41.6 Å². The van der Waals surface area contributed by atoms with Crippen molar-refractivity contribution in [2.24, 2.45) is 0 Å². The first-order valence-corrected chi connectivity index (χ1v) is 27.3. The second-order valence-corrected chi connectivity index (χ2v) is 20.2. The Morgan fingerprint density at radius 3 is 1.17 bits per heavy atom. The molecule has 0 aliphatic rings. The molecular weight excluding hydrogens is 1170 g/mol. The number of aliphatic carboxylic acids is 7. The molecule has 4 atom stereocenters. The van der Waals surface area contributed by atoms with Crippen LogP contribution in [0.2, 0.25) is 0 Å². The Morgan fingerprint density at radius 2 is 0.818 bits per heavy atom. The quantitative estimate of drug-likeness (QED) is 0.0305. The fourth-order valence-corrected chi connectivity index (χ4v) is 8.64. The van der Waals surface area contributed by atoms with Crippen LogP contribution in [0.4, 0.5) is 31.0 Å². The molecule has 474 valence electrons. The van der Waals surface area contributed by atoms with Crippen molar-refractivity contribution in [1.82, 2.24) is 41.6 Å². The molecule has 8 amide bonds. The standard InChI is InChI=1S/C56H68FN11O20/c57-27-1-2-38-30-68(67-66-38)31-46(72)65-56(24-21-43(69)58-35-10-3-32(4-11-35)9-18-47(73)74,25-22-44(70)59-36-12-5-33(6-13-36)28-41(52(83)84)63-54(87)61-39(50(79)80)16-19-48(75)76)26-23-45(71)60-37-14-7-34(8-15-37)29-42(53(85)86)64-55(88)62-40(51(81)82)17-20-49(77)78/h3-8,10-15,30,39-42H,1-2,9,16-29,31H2,(H,58,69)(H,59,70)(H,60,71)(H,65,72)(H,73,74)(H,75,76)(H,77,78)(H,79,80)(H,81,82)(H,83,84)(H,85,86)(H2,61,63,87)(H2,62,64,88)/t39-,40-,41-,42-/m0/s1. The number of amides is 8. The maximum absolute atomic E-state index is 14.0. The number of carboxylic acids is 7. The van der Waals surface area contributed by atoms with Crippen LogP contribution in [0.1, 0.15) is 99.4 Å². The third kappa shape index (κ3) is 26.1. The van der Waals surface area contributed by atoms with Gasteiger partial charge in [0, 0.05) is 80.2 Å². The van der Waals surface area contributed by atoms with E-state index in [9.17, 15) is 87.1 Å². The molecule has 0 radical (unpaired) electrons. The molecule has 4 aromatic rings. The molecule has 0 aliphatic carbocycles. The van der Waals surface area contributed by atoms with Gasteiger partial charge in [0.1, 0.15) is 30.7 Å². The Morgan fingerprint density at radius 1 is 0.455 bits per heavy atom. The van der Waals surface area contributed by atoms with Crippen LogP contribution in [-0.4, -0.2) is 165 Å². The van der Waals surface area contributed by atoms with E-state index in [0.717, 1.165) is 0 Å². The molecule has 3 aromatic carbocycles. The number of hydrogen-bond acceptors (Lipinski definition) is 15. The Hall–Kier alpha value is -10.6. The number of hydrogen-bond donors (Lipinski definition) is 15. The highest BCUT2D eigenvalue weighted by atomic mass is 19.1. The average molecular weight is 1230 g/mol. The lowest BCUT2D eigenvalue weighted by molar-refractivity contribution is -0.142. The second kappa shape index (κ2) is 35.0. The van der Waals surface area contributed by atoms with E-state index >= 15 is 0 Å². The van der Waals surface area contributed by atoms with E-state index < -0.39 is 146 Å². The number of rotatable bonds is 39. The third-order valence-electron chi connectivity index (χ3n) is 13.3. The lowest BCUT2D eigenvalue weighted by Crippen LogP contribution is -2.51. The Bertz CT molecular complexity index is 2990. The largest absolute Gasteiger partial charge is 0.481 e. The highest BCUT2D eigenvalue weighted by Gasteiger charge is 2.35. The summed E-state index contributed by atoms with van der Waals surface area (Å²) in [5, 5.41) is 92.7. The molecule has 0 saturated heterocycles. The van der Waals surface area contributed by atoms with Crippen LogP contribution in [0.25, 0.3) is 0 Å². The SMILES string of the molecule is O=C(O)CCc1ccc(NC(=O)CCC(CCC(=O)Nc2ccc(C[C@H](NC(=O)N[C@@H](CCC(=O)O)C(=O)O)C(=O)O)cc2)(CCC(=O)Nc2ccc(C[C@H](NC(=O)N[C@@H](CCC(=O)O)C(=O)O)C(=O)O)cc2)NC(=O)Cn2cc(CCCF)nn2)cc1. The molecule has 1 aromatic heterocycles. The molecule has 0 saturated carbocycles. The maximum Gasteiger partial charge on any atom is 0.326 e. The average Bonchev–Trinajstić information content (AvgIpc) is 3.87. The zero-order chi connectivity index (χ0) is 64.9. The number of aryl methyl sites for hydroxylation is 2. The number of aromatic nitrogens is 3. The smallest absolute Gasteiger partial charge is 0.326 e. The number of carbonyl (C=O) groups excluding carboxylic acids is 6. The third-order valence-corrected chi connectivity index (χ3v) is 13.3. The summed E-state index contributed by atoms with van der Waals surface area (Å²) in [4.78, 5) is 161. The lowest BCUT2D eigenvalue weighted by atomic mass is 9.83. The van der Waals surface area contributed by atoms with E-state index in [1.54, 1.807) is 24.3 Å². The van der Waals surface area contributed by atoms with E-state index in [0.29, 0.717) is 28.1 Å². The number of urea groups is 2. The molecule has 0 fully saturated rings. The molecule has 0 aliphatic heterocycles. The summed E-state index contributed by atoms with van der Waals surface area (Å²) in [6.07, 6.45) is -2.50. The van der Waals surface area contributed by atoms with Crippen LogP contribution in [0, 0.1) is 0 Å². The predicted molar refractivity (Wildman–Crippen MR) is 304 cm³/mol. The van der Waals surface area contributed by atoms with Crippen molar-refractivity contribution < 1.29 is 102 Å². The predicted octanol–water partition coefficient (Wildman–Crippen LogP) is 2.53. The van der Waals surface area contributed by atoms with Gasteiger partial charge < -0.3 is 78.3 Å². The summed E-state index contributed by atoms with van der Waals surface area (Å²) < 4.78 is 14.2. The van der Waals surface area contributed by atoms with Crippen LogP contribution in [0.3, 0.4) is 0 Å². The number of carbonyl (C=O) groups is 13. The first-order chi connectivity index (χ1) is 41.7. The summed E-state index contributed by atoms with van der Waals surface area (Å²) in [5.41, 5.74) is 0.980. The van der Waals surface area contributed by atoms with Crippen LogP contribution < -0.4 is 42.5 Å². The van der Waals surface area contributed by atoms with Gasteiger partial charge in [0.15, 0.2) is 0 Å². The zero-order valence-electron chi connectivity index (χ0n) is 47.2. The monoisotopic (exact) mass is 1230 g/mol. The number of anilines is 3. The van der Waals surface area contributed by atoms with Gasteiger partial charge in [-0.2, -0.15) is 0 Å². The number of carboxylic acid groups (broad SMARTS) is 7. The maximum atomic E-state index is 14.0. The normalized spacial score (nSPS) is 12.3. The number of benzene rings is 3. The van der Waals surface area contributed by atoms with Crippen molar-refractivity contribution in [2.45, 2.75) is 139 Å². The van der Waals surface area contributed by atoms with Crippen molar-refractivity contribution in [1.29, 1.82) is 0 Å². The van der Waals surface area contributed by atoms with Gasteiger partial charge in [0.25, 0.3) is 0 Å². The van der Waals surface area contributed by atoms with Crippen molar-refractivity contribution in [2.75, 3.05) is 22.6 Å². The van der Waals surface area contributed by atoms with Crippen LogP contribution in [-0.2, 0) is 85.0 Å². The van der Waals surface area contributed by atoms with Gasteiger partial charge in [0.05, 0.1) is 12.4 Å². The first-order valence-electron chi connectivity index (χ1n) is 27.3. The van der Waals surface area contributed by atoms with Gasteiger partial charge >= 0.3 is 53.8 Å². The zero-order valence-corrected chi connectivity index (χ0v) is 47.2. The van der Waals surface area contributed by atoms with Crippen molar-refractivity contribution >= 4 is 94.5 Å². The van der Waals surface area contributed by atoms with E-state index in [4.69, 9.17) is 15.3 Å². The summed E-state index contributed by atoms with van der Waals surface area (Å²) in [6, 6.07) is 8.99. The summed E-state index contributed by atoms with van der Waals surface area (Å²) in [6.45, 7) is -1.07. The molecule has 0 bridgehead atoms. The van der Waals surface area contributed by atoms with Crippen molar-refractivity contribution in [3.05, 3.63) is 101 Å². The van der Waals surface area contributed by atoms with Gasteiger partial charge in [-0.05, 0) is 104 Å². The van der Waals surface area contributed by atoms with Crippen LogP contribution >= 0.6 is 0 Å². The second-order valence-electron chi connectivity index (χ2n) is 20.2. The van der Waals surface area contributed by atoms with Crippen LogP contribution in [0.5, 0.6) is 0 Å². The lowest BCUT2D eigenvalue weighted by Gasteiger charge is -2.35. The fourth-order valence-electron chi connectivity index (χ4n) is 8.64. The molecule has 1 heterocycles. The molecule has 0 spiro atoms. The van der Waals surface area contributed by atoms with E-state index in [1.807, 2.05) is 10.6 Å². The van der Waals surface area contributed by atoms with Gasteiger partial charge in [-0.25, -0.2) is 33.4 Å². The van der Waals surface area contributed by atoms with Gasteiger partial charge in [0.2, 0.25) is 23.6 Å². The molecule has 4 rings (SSSR count). The Kier molecular flexibility index (Phi) is 27.8. The minimum atomic E-state index is -1.63. The number of halogens is 1. The van der Waals surface area contributed by atoms with E-state index in [1.165, 1.54) is 59.4 Å². The van der Waals surface area contributed by atoms with E-state index in [-0.39, 0.29) is 88.4 Å². The van der Waals surface area contributed by atoms with Gasteiger partial charge in [-0.15, -0.1) is 5.10 Å². The fraction of sp³-hybridized carbons (Fsp3) is 0.411. The topological polar surface area (TPSA) is 490 Å². The van der Waals surface area contributed by atoms with Crippen molar-refractivity contribution in [3.8, 4) is 0 Å². The highest BCUT2D eigenvalue weighted by Crippen LogP contribution is 2.28. The van der Waals surface area contributed by atoms with Crippen molar-refractivity contribution in [3.63, 3.8) is 0 Å². The van der Waals surface area contributed by atoms with E-state index in [2.05, 4.69) is 42.2 Å². The summed E-state index contributed by atoms with van der Waals surface area (Å²) >= 11 is 0. The first kappa shape index (κ1) is 69.9. The molecule has 32 heteroatoms. The molecule has 88 heavy (non-hydrogen) atoms. The Labute approximate surface area is 500 Å². The number of nitrogens with zero attached hydrogens (tertiary/aromatic N) is 3. The highest BCUT2D eigenvalue weighted by molar-refractivity contribution is 5.93. The summed E-state index contributed by atoms with van der Waals surface area (Å²) in [7, 11) is 0. The number of nitrogens with one attached hydrogen (secondary N) is 8. The molecule has 0 unspecified atom stereocenters. The minimum Gasteiger partial charge on any atom is -0.481 e. The van der Waals surface area contributed by atoms with Crippen LogP contribution in [0.15, 0.2) is 79.0 Å². The molecular formula is C56H68FN11O20. The minimum absolute atomic E-state index is 0.125.